The quantitative estimate of drug-likeness (QED) is 0.720. The Kier molecular flexibility index (Phi) is 5.15. The van der Waals surface area contributed by atoms with Crippen molar-refractivity contribution in [2.45, 2.75) is 0 Å². The van der Waals surface area contributed by atoms with Crippen LogP contribution in [-0.4, -0.2) is 27.1 Å². The lowest BCUT2D eigenvalue weighted by molar-refractivity contribution is -0.114. The van der Waals surface area contributed by atoms with Gasteiger partial charge in [0, 0.05) is 5.69 Å². The maximum absolute atomic E-state index is 12.4. The average molecular weight is 389 g/mol. The monoisotopic (exact) mass is 388 g/mol. The number of carbonyl (C=O) groups excluding carboxylic acids is 1. The van der Waals surface area contributed by atoms with Crippen LogP contribution in [0.2, 0.25) is 5.02 Å². The number of hydrogen-bond acceptors (Lipinski definition) is 3. The van der Waals surface area contributed by atoms with E-state index in [9.17, 15) is 13.2 Å². The molecule has 0 heterocycles. The fourth-order valence-electron chi connectivity index (χ4n) is 2.63. The van der Waals surface area contributed by atoms with E-state index in [-0.39, 0.29) is 17.3 Å². The van der Waals surface area contributed by atoms with Crippen LogP contribution in [-0.2, 0) is 14.8 Å². The summed E-state index contributed by atoms with van der Waals surface area (Å²) in [4.78, 5) is 12.4. The summed E-state index contributed by atoms with van der Waals surface area (Å²) in [6, 6.07) is 19.8. The Balaban J connectivity index is 1.82. The molecule has 0 spiro atoms. The number of carbonyl (C=O) groups is 1. The van der Waals surface area contributed by atoms with Gasteiger partial charge in [-0.2, -0.15) is 0 Å². The van der Waals surface area contributed by atoms with E-state index in [1.807, 2.05) is 36.4 Å². The van der Waals surface area contributed by atoms with E-state index in [2.05, 4.69) is 5.32 Å². The average Bonchev–Trinajstić information content (AvgIpc) is 2.59. The Labute approximate surface area is 157 Å². The normalized spacial score (nSPS) is 11.3. The molecule has 0 fully saturated rings. The van der Waals surface area contributed by atoms with Gasteiger partial charge < -0.3 is 5.32 Å². The van der Waals surface area contributed by atoms with Crippen molar-refractivity contribution < 1.29 is 13.2 Å². The topological polar surface area (TPSA) is 66.5 Å². The third-order valence-corrected chi connectivity index (χ3v) is 5.29. The van der Waals surface area contributed by atoms with Crippen LogP contribution in [0.3, 0.4) is 0 Å². The summed E-state index contributed by atoms with van der Waals surface area (Å²) in [5.74, 6) is -0.453. The summed E-state index contributed by atoms with van der Waals surface area (Å²) in [6.07, 6.45) is 1.04. The van der Waals surface area contributed by atoms with Crippen LogP contribution >= 0.6 is 11.6 Å². The highest BCUT2D eigenvalue weighted by Crippen LogP contribution is 2.27. The molecule has 7 heteroatoms. The van der Waals surface area contributed by atoms with Gasteiger partial charge in [0.25, 0.3) is 0 Å². The lowest BCUT2D eigenvalue weighted by Gasteiger charge is -2.22. The van der Waals surface area contributed by atoms with E-state index >= 15 is 0 Å². The van der Waals surface area contributed by atoms with Crippen LogP contribution in [0.5, 0.6) is 0 Å². The third kappa shape index (κ3) is 4.15. The first-order valence-electron chi connectivity index (χ1n) is 7.85. The molecule has 0 unspecified atom stereocenters. The summed E-state index contributed by atoms with van der Waals surface area (Å²) in [7, 11) is -3.67. The van der Waals surface area contributed by atoms with Crippen LogP contribution in [0.25, 0.3) is 10.8 Å². The fourth-order valence-corrected chi connectivity index (χ4v) is 3.79. The van der Waals surface area contributed by atoms with E-state index in [1.54, 1.807) is 30.3 Å². The van der Waals surface area contributed by atoms with E-state index in [0.29, 0.717) is 5.69 Å². The van der Waals surface area contributed by atoms with Crippen LogP contribution in [0.15, 0.2) is 66.7 Å². The Morgan fingerprint density at radius 3 is 2.35 bits per heavy atom. The van der Waals surface area contributed by atoms with Crippen molar-refractivity contribution in [1.82, 2.24) is 0 Å². The van der Waals surface area contributed by atoms with Crippen molar-refractivity contribution in [2.75, 3.05) is 22.4 Å². The van der Waals surface area contributed by atoms with Gasteiger partial charge in [0.2, 0.25) is 15.9 Å². The molecule has 0 bridgehead atoms. The van der Waals surface area contributed by atoms with Crippen molar-refractivity contribution >= 4 is 49.7 Å². The molecule has 0 aliphatic carbocycles. The predicted molar refractivity (Wildman–Crippen MR) is 106 cm³/mol. The Morgan fingerprint density at radius 2 is 1.65 bits per heavy atom. The standard InChI is InChI=1S/C19H17ClN2O3S/c1-26(24,25)22(18-9-5-4-8-17(18)20)13-19(23)21-16-11-10-14-6-2-3-7-15(14)12-16/h2-12H,13H2,1H3,(H,21,23). The van der Waals surface area contributed by atoms with E-state index < -0.39 is 15.9 Å². The molecule has 1 amide bonds. The predicted octanol–water partition coefficient (Wildman–Crippen LogP) is 3.90. The van der Waals surface area contributed by atoms with Gasteiger partial charge >= 0.3 is 0 Å². The van der Waals surface area contributed by atoms with Crippen molar-refractivity contribution in [3.05, 3.63) is 71.8 Å². The molecule has 5 nitrogen and oxygen atoms in total. The van der Waals surface area contributed by atoms with Crippen LogP contribution in [0.1, 0.15) is 0 Å². The Hall–Kier alpha value is -2.57. The van der Waals surface area contributed by atoms with E-state index in [0.717, 1.165) is 21.3 Å². The highest BCUT2D eigenvalue weighted by molar-refractivity contribution is 7.92. The van der Waals surface area contributed by atoms with Gasteiger partial charge in [-0.3, -0.25) is 9.10 Å². The molecule has 0 radical (unpaired) electrons. The zero-order valence-corrected chi connectivity index (χ0v) is 15.6. The molecule has 3 aromatic carbocycles. The van der Waals surface area contributed by atoms with Gasteiger partial charge in [-0.15, -0.1) is 0 Å². The Morgan fingerprint density at radius 1 is 1.00 bits per heavy atom. The zero-order chi connectivity index (χ0) is 18.7. The lowest BCUT2D eigenvalue weighted by Crippen LogP contribution is -2.37. The largest absolute Gasteiger partial charge is 0.324 e. The summed E-state index contributed by atoms with van der Waals surface area (Å²) in [5, 5.41) is 5.04. The minimum atomic E-state index is -3.67. The first-order chi connectivity index (χ1) is 12.3. The number of nitrogens with zero attached hydrogens (tertiary/aromatic N) is 1. The molecule has 3 aromatic rings. The Bertz CT molecular complexity index is 1070. The zero-order valence-electron chi connectivity index (χ0n) is 14.0. The smallest absolute Gasteiger partial charge is 0.245 e. The van der Waals surface area contributed by atoms with E-state index in [1.165, 1.54) is 0 Å². The molecule has 134 valence electrons. The van der Waals surface area contributed by atoms with Gasteiger partial charge in [0.1, 0.15) is 6.54 Å². The lowest BCUT2D eigenvalue weighted by atomic mass is 10.1. The van der Waals surface area contributed by atoms with Crippen molar-refractivity contribution in [3.8, 4) is 0 Å². The second-order valence-corrected chi connectivity index (χ2v) is 8.15. The van der Waals surface area contributed by atoms with Gasteiger partial charge in [-0.05, 0) is 35.0 Å². The number of para-hydroxylation sites is 1. The molecule has 0 atom stereocenters. The van der Waals surface area contributed by atoms with Crippen molar-refractivity contribution in [2.24, 2.45) is 0 Å². The fraction of sp³-hybridized carbons (Fsp3) is 0.105. The number of amides is 1. The first kappa shape index (κ1) is 18.2. The minimum absolute atomic E-state index is 0.261. The van der Waals surface area contributed by atoms with Crippen molar-refractivity contribution in [1.29, 1.82) is 0 Å². The molecular formula is C19H17ClN2O3S. The summed E-state index contributed by atoms with van der Waals surface area (Å²) in [6.45, 7) is -0.366. The number of sulfonamides is 1. The number of hydrogen-bond donors (Lipinski definition) is 1. The van der Waals surface area contributed by atoms with Crippen LogP contribution in [0.4, 0.5) is 11.4 Å². The molecule has 26 heavy (non-hydrogen) atoms. The molecule has 3 rings (SSSR count). The highest BCUT2D eigenvalue weighted by atomic mass is 35.5. The second kappa shape index (κ2) is 7.35. The molecule has 1 N–H and O–H groups in total. The number of fused-ring (bicyclic) bond motifs is 1. The van der Waals surface area contributed by atoms with Gasteiger partial charge in [0.05, 0.1) is 17.0 Å². The molecule has 0 aromatic heterocycles. The molecular weight excluding hydrogens is 372 g/mol. The first-order valence-corrected chi connectivity index (χ1v) is 10.1. The number of halogens is 1. The molecule has 0 aliphatic heterocycles. The molecule has 0 saturated heterocycles. The number of benzene rings is 3. The summed E-state index contributed by atoms with van der Waals surface area (Å²) in [5.41, 5.74) is 0.867. The maximum atomic E-state index is 12.4. The minimum Gasteiger partial charge on any atom is -0.324 e. The van der Waals surface area contributed by atoms with Gasteiger partial charge in [0.15, 0.2) is 0 Å². The van der Waals surface area contributed by atoms with Crippen LogP contribution in [0, 0.1) is 0 Å². The van der Waals surface area contributed by atoms with E-state index in [4.69, 9.17) is 11.6 Å². The SMILES string of the molecule is CS(=O)(=O)N(CC(=O)Nc1ccc2ccccc2c1)c1ccccc1Cl. The van der Waals surface area contributed by atoms with Gasteiger partial charge in [-0.25, -0.2) is 8.42 Å². The molecule has 0 saturated carbocycles. The van der Waals surface area contributed by atoms with Gasteiger partial charge in [-0.1, -0.05) is 54.1 Å². The maximum Gasteiger partial charge on any atom is 0.245 e. The third-order valence-electron chi connectivity index (χ3n) is 3.84. The number of nitrogens with one attached hydrogen (secondary N) is 1. The summed E-state index contributed by atoms with van der Waals surface area (Å²) < 4.78 is 25.3. The second-order valence-electron chi connectivity index (χ2n) is 5.83. The van der Waals surface area contributed by atoms with Crippen molar-refractivity contribution in [3.63, 3.8) is 0 Å². The molecule has 0 aliphatic rings. The van der Waals surface area contributed by atoms with Crippen LogP contribution < -0.4 is 9.62 Å². The number of rotatable bonds is 5. The highest BCUT2D eigenvalue weighted by Gasteiger charge is 2.22. The number of anilines is 2. The summed E-state index contributed by atoms with van der Waals surface area (Å²) >= 11 is 6.10.